The summed E-state index contributed by atoms with van der Waals surface area (Å²) in [7, 11) is 0. The van der Waals surface area contributed by atoms with E-state index in [0.717, 1.165) is 31.7 Å². The highest BCUT2D eigenvalue weighted by molar-refractivity contribution is 5.78. The molecule has 1 fully saturated rings. The van der Waals surface area contributed by atoms with Gasteiger partial charge < -0.3 is 9.47 Å². The minimum atomic E-state index is 0.0526. The van der Waals surface area contributed by atoms with Gasteiger partial charge in [0.15, 0.2) is 0 Å². The van der Waals surface area contributed by atoms with Crippen molar-refractivity contribution >= 4 is 5.91 Å². The monoisotopic (exact) mass is 260 g/mol. The van der Waals surface area contributed by atoms with E-state index in [2.05, 4.69) is 0 Å². The number of amides is 1. The van der Waals surface area contributed by atoms with Crippen LogP contribution >= 0.6 is 0 Å². The van der Waals surface area contributed by atoms with Crippen LogP contribution in [0.5, 0.6) is 0 Å². The second-order valence-electron chi connectivity index (χ2n) is 6.10. The molecule has 2 unspecified atom stereocenters. The summed E-state index contributed by atoms with van der Waals surface area (Å²) in [4.78, 5) is 26.1. The van der Waals surface area contributed by atoms with Gasteiger partial charge in [0.05, 0.1) is 0 Å². The normalized spacial score (nSPS) is 25.3. The number of piperidine rings is 1. The standard InChI is InChI=1S/C15H20N2O2/c1-10(2)15(19)16-7-11-6-12(9-16)13-4-3-5-14(18)17(13)8-11/h3-5,10-12H,6-9H2,1-2H3. The van der Waals surface area contributed by atoms with Crippen LogP contribution in [0.25, 0.3) is 0 Å². The van der Waals surface area contributed by atoms with Gasteiger partial charge in [-0.05, 0) is 18.4 Å². The van der Waals surface area contributed by atoms with Crippen molar-refractivity contribution in [1.29, 1.82) is 0 Å². The van der Waals surface area contributed by atoms with Crippen molar-refractivity contribution in [2.75, 3.05) is 13.1 Å². The fraction of sp³-hybridized carbons (Fsp3) is 0.600. The summed E-state index contributed by atoms with van der Waals surface area (Å²) in [5.74, 6) is 1.04. The zero-order valence-electron chi connectivity index (χ0n) is 11.5. The van der Waals surface area contributed by atoms with E-state index in [4.69, 9.17) is 0 Å². The average Bonchev–Trinajstić information content (AvgIpc) is 2.39. The Morgan fingerprint density at radius 1 is 1.26 bits per heavy atom. The lowest BCUT2D eigenvalue weighted by Gasteiger charge is -2.43. The summed E-state index contributed by atoms with van der Waals surface area (Å²) in [6.07, 6.45) is 1.10. The predicted octanol–water partition coefficient (Wildman–Crippen LogP) is 1.45. The Kier molecular flexibility index (Phi) is 2.96. The molecule has 4 heteroatoms. The number of pyridine rings is 1. The number of carbonyl (C=O) groups excluding carboxylic acids is 1. The summed E-state index contributed by atoms with van der Waals surface area (Å²) in [5, 5.41) is 0. The van der Waals surface area contributed by atoms with Crippen LogP contribution in [0.4, 0.5) is 0 Å². The maximum absolute atomic E-state index is 12.2. The maximum atomic E-state index is 12.2. The number of carbonyl (C=O) groups is 1. The highest BCUT2D eigenvalue weighted by Gasteiger charge is 2.36. The zero-order chi connectivity index (χ0) is 13.6. The van der Waals surface area contributed by atoms with Gasteiger partial charge in [-0.3, -0.25) is 9.59 Å². The van der Waals surface area contributed by atoms with Crippen LogP contribution in [-0.2, 0) is 11.3 Å². The molecular weight excluding hydrogens is 240 g/mol. The van der Waals surface area contributed by atoms with Crippen molar-refractivity contribution in [1.82, 2.24) is 9.47 Å². The van der Waals surface area contributed by atoms with E-state index in [-0.39, 0.29) is 17.4 Å². The maximum Gasteiger partial charge on any atom is 0.250 e. The Morgan fingerprint density at radius 3 is 2.79 bits per heavy atom. The van der Waals surface area contributed by atoms with Crippen LogP contribution in [0.15, 0.2) is 23.0 Å². The molecule has 1 amide bonds. The number of nitrogens with zero attached hydrogens (tertiary/aromatic N) is 2. The molecule has 0 N–H and O–H groups in total. The van der Waals surface area contributed by atoms with Crippen molar-refractivity contribution in [3.05, 3.63) is 34.2 Å². The van der Waals surface area contributed by atoms with Crippen LogP contribution in [0.1, 0.15) is 31.9 Å². The summed E-state index contributed by atoms with van der Waals surface area (Å²) in [6.45, 7) is 6.22. The molecule has 0 spiro atoms. The molecule has 2 bridgehead atoms. The van der Waals surface area contributed by atoms with E-state index in [0.29, 0.717) is 11.8 Å². The van der Waals surface area contributed by atoms with Crippen molar-refractivity contribution in [2.45, 2.75) is 32.7 Å². The van der Waals surface area contributed by atoms with Crippen LogP contribution in [-0.4, -0.2) is 28.5 Å². The second-order valence-corrected chi connectivity index (χ2v) is 6.10. The van der Waals surface area contributed by atoms with Crippen molar-refractivity contribution in [3.8, 4) is 0 Å². The third-order valence-corrected chi connectivity index (χ3v) is 4.29. The Hall–Kier alpha value is -1.58. The van der Waals surface area contributed by atoms with E-state index in [1.165, 1.54) is 0 Å². The topological polar surface area (TPSA) is 42.3 Å². The molecular formula is C15H20N2O2. The van der Waals surface area contributed by atoms with E-state index in [9.17, 15) is 9.59 Å². The molecule has 4 nitrogen and oxygen atoms in total. The first-order chi connectivity index (χ1) is 9.06. The molecule has 1 saturated heterocycles. The highest BCUT2D eigenvalue weighted by Crippen LogP contribution is 2.35. The fourth-order valence-corrected chi connectivity index (χ4v) is 3.44. The van der Waals surface area contributed by atoms with Crippen LogP contribution in [0.2, 0.25) is 0 Å². The average molecular weight is 260 g/mol. The van der Waals surface area contributed by atoms with Crippen molar-refractivity contribution in [3.63, 3.8) is 0 Å². The first-order valence-corrected chi connectivity index (χ1v) is 7.05. The second kappa shape index (κ2) is 4.51. The van der Waals surface area contributed by atoms with E-state index >= 15 is 0 Å². The van der Waals surface area contributed by atoms with Gasteiger partial charge >= 0.3 is 0 Å². The summed E-state index contributed by atoms with van der Waals surface area (Å²) < 4.78 is 1.90. The number of likely N-dealkylation sites (tertiary alicyclic amines) is 1. The molecule has 2 aliphatic rings. The van der Waals surface area contributed by atoms with E-state index in [1.54, 1.807) is 6.07 Å². The summed E-state index contributed by atoms with van der Waals surface area (Å²) in [5.41, 5.74) is 1.20. The SMILES string of the molecule is CC(C)C(=O)N1CC2CC(C1)c1cccc(=O)n1C2. The molecule has 0 aromatic carbocycles. The van der Waals surface area contributed by atoms with Gasteiger partial charge in [-0.1, -0.05) is 19.9 Å². The molecule has 1 aromatic heterocycles. The predicted molar refractivity (Wildman–Crippen MR) is 73.0 cm³/mol. The van der Waals surface area contributed by atoms with Gasteiger partial charge in [-0.25, -0.2) is 0 Å². The van der Waals surface area contributed by atoms with Gasteiger partial charge in [-0.15, -0.1) is 0 Å². The number of hydrogen-bond donors (Lipinski definition) is 0. The number of hydrogen-bond acceptors (Lipinski definition) is 2. The molecule has 3 heterocycles. The van der Waals surface area contributed by atoms with Crippen LogP contribution < -0.4 is 5.56 Å². The summed E-state index contributed by atoms with van der Waals surface area (Å²) >= 11 is 0. The molecule has 2 aliphatic heterocycles. The minimum Gasteiger partial charge on any atom is -0.341 e. The Balaban J connectivity index is 1.92. The molecule has 2 atom stereocenters. The third-order valence-electron chi connectivity index (χ3n) is 4.29. The van der Waals surface area contributed by atoms with Gasteiger partial charge in [0.25, 0.3) is 5.56 Å². The molecule has 102 valence electrons. The fourth-order valence-electron chi connectivity index (χ4n) is 3.44. The molecule has 0 aliphatic carbocycles. The van der Waals surface area contributed by atoms with Crippen LogP contribution in [0.3, 0.4) is 0 Å². The summed E-state index contributed by atoms with van der Waals surface area (Å²) in [6, 6.07) is 5.49. The number of rotatable bonds is 1. The quantitative estimate of drug-likeness (QED) is 0.767. The minimum absolute atomic E-state index is 0.0526. The lowest BCUT2D eigenvalue weighted by molar-refractivity contribution is -0.137. The van der Waals surface area contributed by atoms with Gasteiger partial charge in [0, 0.05) is 43.2 Å². The first kappa shape index (κ1) is 12.5. The number of aromatic nitrogens is 1. The molecule has 1 aromatic rings. The Labute approximate surface area is 113 Å². The third kappa shape index (κ3) is 2.09. The largest absolute Gasteiger partial charge is 0.341 e. The van der Waals surface area contributed by atoms with E-state index in [1.807, 2.05) is 35.4 Å². The van der Waals surface area contributed by atoms with Crippen molar-refractivity contribution < 1.29 is 4.79 Å². The molecule has 3 rings (SSSR count). The van der Waals surface area contributed by atoms with Gasteiger partial charge in [0.2, 0.25) is 5.91 Å². The smallest absolute Gasteiger partial charge is 0.250 e. The molecule has 0 saturated carbocycles. The molecule has 19 heavy (non-hydrogen) atoms. The van der Waals surface area contributed by atoms with Gasteiger partial charge in [0.1, 0.15) is 0 Å². The highest BCUT2D eigenvalue weighted by atomic mass is 16.2. The van der Waals surface area contributed by atoms with Crippen molar-refractivity contribution in [2.24, 2.45) is 11.8 Å². The Morgan fingerprint density at radius 2 is 2.05 bits per heavy atom. The first-order valence-electron chi connectivity index (χ1n) is 7.05. The lowest BCUT2D eigenvalue weighted by atomic mass is 9.83. The molecule has 0 radical (unpaired) electrons. The van der Waals surface area contributed by atoms with E-state index < -0.39 is 0 Å². The van der Waals surface area contributed by atoms with Crippen LogP contribution in [0, 0.1) is 11.8 Å². The lowest BCUT2D eigenvalue weighted by Crippen LogP contribution is -2.50. The van der Waals surface area contributed by atoms with Gasteiger partial charge in [-0.2, -0.15) is 0 Å². The number of fused-ring (bicyclic) bond motifs is 4. The Bertz CT molecular complexity index is 562. The zero-order valence-corrected chi connectivity index (χ0v) is 11.5.